The minimum Gasteiger partial charge on any atom is -0.447 e. The lowest BCUT2D eigenvalue weighted by atomic mass is 9.93. The lowest BCUT2D eigenvalue weighted by molar-refractivity contribution is -0.137. The van der Waals surface area contributed by atoms with E-state index in [1.54, 1.807) is 15.5 Å². The average Bonchev–Trinajstić information content (AvgIpc) is 3.49. The number of nitrogens with two attached hydrogens (primary N) is 1. The van der Waals surface area contributed by atoms with Crippen molar-refractivity contribution < 1.29 is 31.9 Å². The Morgan fingerprint density at radius 2 is 1.95 bits per heavy atom. The highest BCUT2D eigenvalue weighted by atomic mass is 19.4. The summed E-state index contributed by atoms with van der Waals surface area (Å²) in [5.74, 6) is -1.45. The molecule has 5 heterocycles. The molecule has 2 aliphatic rings. The van der Waals surface area contributed by atoms with Gasteiger partial charge in [0, 0.05) is 42.2 Å². The summed E-state index contributed by atoms with van der Waals surface area (Å²) in [5.41, 5.74) is 5.67. The van der Waals surface area contributed by atoms with Gasteiger partial charge in [0.25, 0.3) is 5.91 Å². The molecule has 3 N–H and O–H groups in total. The molecule has 0 radical (unpaired) electrons. The number of piperidine rings is 1. The first-order chi connectivity index (χ1) is 19.1. The van der Waals surface area contributed by atoms with Crippen molar-refractivity contribution in [2.75, 3.05) is 24.2 Å². The predicted molar refractivity (Wildman–Crippen MR) is 134 cm³/mol. The Hall–Kier alpha value is -4.75. The quantitative estimate of drug-likeness (QED) is 0.356. The van der Waals surface area contributed by atoms with Gasteiger partial charge in [-0.25, -0.2) is 24.1 Å². The van der Waals surface area contributed by atoms with Crippen LogP contribution in [0.3, 0.4) is 0 Å². The number of benzene rings is 1. The molecule has 0 aliphatic carbocycles. The number of alkyl halides is 3. The van der Waals surface area contributed by atoms with E-state index in [2.05, 4.69) is 15.3 Å². The summed E-state index contributed by atoms with van der Waals surface area (Å²) in [6.07, 6.45) is 0.533. The number of rotatable bonds is 4. The van der Waals surface area contributed by atoms with Gasteiger partial charge in [-0.3, -0.25) is 9.20 Å². The second kappa shape index (κ2) is 9.47. The highest BCUT2D eigenvalue weighted by Crippen LogP contribution is 2.37. The highest BCUT2D eigenvalue weighted by molar-refractivity contribution is 6.04. The van der Waals surface area contributed by atoms with Crippen LogP contribution >= 0.6 is 0 Å². The molecule has 2 saturated heterocycles. The van der Waals surface area contributed by atoms with Gasteiger partial charge in [-0.2, -0.15) is 13.2 Å². The van der Waals surface area contributed by atoms with Gasteiger partial charge in [-0.1, -0.05) is 0 Å². The van der Waals surface area contributed by atoms with Gasteiger partial charge in [-0.15, -0.1) is 0 Å². The first-order valence-electron chi connectivity index (χ1n) is 12.3. The minimum absolute atomic E-state index is 0.0171. The zero-order valence-electron chi connectivity index (χ0n) is 20.7. The largest absolute Gasteiger partial charge is 0.447 e. The third kappa shape index (κ3) is 4.44. The molecule has 0 unspecified atom stereocenters. The van der Waals surface area contributed by atoms with Crippen LogP contribution in [-0.4, -0.2) is 55.4 Å². The molecule has 2 atom stereocenters. The molecule has 2 aliphatic heterocycles. The number of aromatic nitrogens is 4. The third-order valence-corrected chi connectivity index (χ3v) is 7.13. The summed E-state index contributed by atoms with van der Waals surface area (Å²) in [6.45, 7) is 0.737. The van der Waals surface area contributed by atoms with Crippen molar-refractivity contribution in [2.45, 2.75) is 31.0 Å². The van der Waals surface area contributed by atoms with Crippen LogP contribution in [-0.2, 0) is 10.9 Å². The number of carbonyl (C=O) groups excluding carboxylic acids is 2. The SMILES string of the molecule is Nc1nccn2c([C@@H]3CC[C@H]4COC(=O)N4C3)nc(-c3ccc(C(=O)Nc4cc(C(F)(F)F)ccn4)cc3F)c12. The van der Waals surface area contributed by atoms with E-state index < -0.39 is 23.5 Å². The van der Waals surface area contributed by atoms with E-state index in [1.807, 2.05) is 0 Å². The Kier molecular flexibility index (Phi) is 6.04. The number of anilines is 2. The number of cyclic esters (lactones) is 1. The number of pyridine rings is 1. The fourth-order valence-electron chi connectivity index (χ4n) is 5.16. The Balaban J connectivity index is 1.32. The normalized spacial score (nSPS) is 19.0. The number of ether oxygens (including phenoxy) is 1. The van der Waals surface area contributed by atoms with Gasteiger partial charge in [0.15, 0.2) is 0 Å². The number of nitrogen functional groups attached to an aromatic ring is 1. The van der Waals surface area contributed by atoms with Gasteiger partial charge in [0.2, 0.25) is 0 Å². The van der Waals surface area contributed by atoms with E-state index >= 15 is 4.39 Å². The van der Waals surface area contributed by atoms with Crippen LogP contribution in [0, 0.1) is 5.82 Å². The van der Waals surface area contributed by atoms with Crippen LogP contribution in [0.1, 0.15) is 40.5 Å². The Morgan fingerprint density at radius 1 is 1.12 bits per heavy atom. The molecule has 3 aromatic heterocycles. The van der Waals surface area contributed by atoms with Crippen molar-refractivity contribution in [3.05, 3.63) is 71.7 Å². The van der Waals surface area contributed by atoms with Crippen LogP contribution in [0.25, 0.3) is 16.8 Å². The van der Waals surface area contributed by atoms with Crippen molar-refractivity contribution in [1.82, 2.24) is 24.3 Å². The predicted octanol–water partition coefficient (Wildman–Crippen LogP) is 4.48. The number of hydrogen-bond donors (Lipinski definition) is 2. The summed E-state index contributed by atoms with van der Waals surface area (Å²) in [4.78, 5) is 39.1. The van der Waals surface area contributed by atoms with Crippen LogP contribution in [0.5, 0.6) is 0 Å². The lowest BCUT2D eigenvalue weighted by Gasteiger charge is -2.31. The number of halogens is 4. The standard InChI is InChI=1S/C26H21F4N7O3/c27-18-9-13(24(38)34-19-10-15(5-6-32-19)26(28,29)30)2-4-17(18)20-21-22(31)33-7-8-36(21)23(35-20)14-1-3-16-12-40-25(39)37(16)11-14/h2,4-10,14,16H,1,3,11-12H2,(H2,31,33)(H,32,34,38)/t14-,16+/m1/s1. The van der Waals surface area contributed by atoms with Crippen LogP contribution in [0.2, 0.25) is 0 Å². The highest BCUT2D eigenvalue weighted by Gasteiger charge is 2.40. The summed E-state index contributed by atoms with van der Waals surface area (Å²) >= 11 is 0. The van der Waals surface area contributed by atoms with Crippen LogP contribution < -0.4 is 11.1 Å². The van der Waals surface area contributed by atoms with Crippen LogP contribution in [0.4, 0.5) is 34.0 Å². The van der Waals surface area contributed by atoms with Crippen molar-refractivity contribution in [2.24, 2.45) is 0 Å². The summed E-state index contributed by atoms with van der Waals surface area (Å²) in [5, 5.41) is 2.26. The molecule has 6 rings (SSSR count). The number of imidazole rings is 1. The van der Waals surface area contributed by atoms with Gasteiger partial charge in [-0.05, 0) is 43.2 Å². The molecule has 4 aromatic rings. The number of carbonyl (C=O) groups is 2. The maximum Gasteiger partial charge on any atom is 0.416 e. The second-order valence-corrected chi connectivity index (χ2v) is 9.58. The van der Waals surface area contributed by atoms with Crippen molar-refractivity contribution in [3.63, 3.8) is 0 Å². The average molecular weight is 555 g/mol. The molecule has 40 heavy (non-hydrogen) atoms. The Bertz CT molecular complexity index is 1660. The summed E-state index contributed by atoms with van der Waals surface area (Å²) in [6, 6.07) is 5.11. The number of nitrogens with zero attached hydrogens (tertiary/aromatic N) is 5. The van der Waals surface area contributed by atoms with Gasteiger partial charge in [0.1, 0.15) is 41.1 Å². The first-order valence-corrected chi connectivity index (χ1v) is 12.3. The fraction of sp³-hybridized carbons (Fsp3) is 0.269. The molecule has 2 fully saturated rings. The molecular formula is C26H21F4N7O3. The Morgan fingerprint density at radius 3 is 2.73 bits per heavy atom. The second-order valence-electron chi connectivity index (χ2n) is 9.58. The van der Waals surface area contributed by atoms with E-state index in [9.17, 15) is 22.8 Å². The molecule has 10 nitrogen and oxygen atoms in total. The van der Waals surface area contributed by atoms with Crippen LogP contribution in [0.15, 0.2) is 48.9 Å². The molecule has 0 bridgehead atoms. The zero-order chi connectivity index (χ0) is 28.2. The maximum atomic E-state index is 15.5. The smallest absolute Gasteiger partial charge is 0.416 e. The first kappa shape index (κ1) is 25.5. The number of nitrogens with one attached hydrogen (secondary N) is 1. The molecule has 0 saturated carbocycles. The summed E-state index contributed by atoms with van der Waals surface area (Å²) in [7, 11) is 0. The van der Waals surface area contributed by atoms with Gasteiger partial charge in [0.05, 0.1) is 11.6 Å². The van der Waals surface area contributed by atoms with E-state index in [0.717, 1.165) is 31.2 Å². The third-order valence-electron chi connectivity index (χ3n) is 7.13. The number of hydrogen-bond acceptors (Lipinski definition) is 7. The van der Waals surface area contributed by atoms with E-state index in [1.165, 1.54) is 18.3 Å². The Labute approximate surface area is 223 Å². The zero-order valence-corrected chi connectivity index (χ0v) is 20.7. The molecule has 1 aromatic carbocycles. The molecule has 206 valence electrons. The summed E-state index contributed by atoms with van der Waals surface area (Å²) < 4.78 is 61.3. The van der Waals surface area contributed by atoms with Crippen molar-refractivity contribution in [3.8, 4) is 11.3 Å². The minimum atomic E-state index is -4.61. The fourth-order valence-corrected chi connectivity index (χ4v) is 5.16. The topological polar surface area (TPSA) is 128 Å². The molecule has 2 amide bonds. The van der Waals surface area contributed by atoms with Crippen molar-refractivity contribution in [1.29, 1.82) is 0 Å². The molecule has 0 spiro atoms. The van der Waals surface area contributed by atoms with E-state index in [4.69, 9.17) is 15.5 Å². The molecule has 14 heteroatoms. The van der Waals surface area contributed by atoms with Gasteiger partial charge >= 0.3 is 12.3 Å². The molecular weight excluding hydrogens is 534 g/mol. The van der Waals surface area contributed by atoms with E-state index in [0.29, 0.717) is 30.6 Å². The van der Waals surface area contributed by atoms with Gasteiger partial charge < -0.3 is 20.7 Å². The monoisotopic (exact) mass is 555 g/mol. The maximum absolute atomic E-state index is 15.5. The number of amides is 2. The van der Waals surface area contributed by atoms with E-state index in [-0.39, 0.29) is 46.5 Å². The number of fused-ring (bicyclic) bond motifs is 2. The van der Waals surface area contributed by atoms with Crippen molar-refractivity contribution >= 4 is 29.2 Å². The lowest BCUT2D eigenvalue weighted by Crippen LogP contribution is -2.41.